The van der Waals surface area contributed by atoms with Gasteiger partial charge in [-0.15, -0.1) is 0 Å². The first-order valence-corrected chi connectivity index (χ1v) is 7.00. The number of hydrogen-bond acceptors (Lipinski definition) is 2. The van der Waals surface area contributed by atoms with E-state index in [1.54, 1.807) is 0 Å². The molecule has 0 saturated carbocycles. The summed E-state index contributed by atoms with van der Waals surface area (Å²) in [5.74, 6) is 0. The molecule has 17 heavy (non-hydrogen) atoms. The molecule has 1 rings (SSSR count). The minimum atomic E-state index is 0.482. The van der Waals surface area contributed by atoms with E-state index in [4.69, 9.17) is 0 Å². The van der Waals surface area contributed by atoms with Crippen LogP contribution < -0.4 is 10.6 Å². The molecule has 0 bridgehead atoms. The van der Waals surface area contributed by atoms with Crippen LogP contribution in [0.2, 0.25) is 0 Å². The molecule has 0 aliphatic rings. The molecule has 1 atom stereocenters. The Bertz CT molecular complexity index is 350. The van der Waals surface area contributed by atoms with Gasteiger partial charge in [0.1, 0.15) is 0 Å². The van der Waals surface area contributed by atoms with Gasteiger partial charge in [0.25, 0.3) is 0 Å². The molecule has 96 valence electrons. The number of hydrogen-bond donors (Lipinski definition) is 2. The van der Waals surface area contributed by atoms with Gasteiger partial charge in [-0.25, -0.2) is 0 Å². The van der Waals surface area contributed by atoms with Crippen molar-refractivity contribution in [3.8, 4) is 0 Å². The Morgan fingerprint density at radius 1 is 1.18 bits per heavy atom. The molecule has 1 aromatic carbocycles. The van der Waals surface area contributed by atoms with E-state index in [2.05, 4.69) is 72.5 Å². The largest absolute Gasteiger partial charge is 0.313 e. The molecular weight excluding hydrogens is 276 g/mol. The first-order chi connectivity index (χ1) is 7.99. The lowest BCUT2D eigenvalue weighted by Crippen LogP contribution is -2.38. The topological polar surface area (TPSA) is 24.1 Å². The van der Waals surface area contributed by atoms with Gasteiger partial charge >= 0.3 is 0 Å². The van der Waals surface area contributed by atoms with Gasteiger partial charge in [0, 0.05) is 29.6 Å². The van der Waals surface area contributed by atoms with E-state index in [0.29, 0.717) is 12.1 Å². The van der Waals surface area contributed by atoms with Gasteiger partial charge in [-0.2, -0.15) is 0 Å². The second-order valence-corrected chi connectivity index (χ2v) is 5.83. The third kappa shape index (κ3) is 5.66. The summed E-state index contributed by atoms with van der Waals surface area (Å²) in [6, 6.07) is 7.45. The van der Waals surface area contributed by atoms with Crippen LogP contribution in [-0.4, -0.2) is 18.6 Å². The number of rotatable bonds is 6. The molecule has 1 aromatic rings. The average molecular weight is 299 g/mol. The van der Waals surface area contributed by atoms with Crippen LogP contribution in [0.15, 0.2) is 22.7 Å². The highest BCUT2D eigenvalue weighted by molar-refractivity contribution is 9.10. The Kier molecular flexibility index (Phi) is 6.17. The van der Waals surface area contributed by atoms with Gasteiger partial charge in [-0.3, -0.25) is 0 Å². The third-order valence-electron chi connectivity index (χ3n) is 2.78. The summed E-state index contributed by atoms with van der Waals surface area (Å²) in [5, 5.41) is 6.97. The van der Waals surface area contributed by atoms with E-state index in [1.807, 2.05) is 0 Å². The van der Waals surface area contributed by atoms with E-state index >= 15 is 0 Å². The molecule has 0 amide bonds. The first kappa shape index (κ1) is 14.7. The Balaban J connectivity index is 2.41. The standard InChI is InChI=1S/C14H23BrN2/c1-10(2)16-8-12(4)17-9-13-7-14(15)6-5-11(13)3/h5-7,10,12,16-17H,8-9H2,1-4H3. The minimum absolute atomic E-state index is 0.482. The summed E-state index contributed by atoms with van der Waals surface area (Å²) in [6.07, 6.45) is 0. The third-order valence-corrected chi connectivity index (χ3v) is 3.28. The molecule has 2 N–H and O–H groups in total. The smallest absolute Gasteiger partial charge is 0.0211 e. The normalized spacial score (nSPS) is 13.1. The molecule has 2 nitrogen and oxygen atoms in total. The zero-order valence-electron chi connectivity index (χ0n) is 11.2. The molecule has 0 fully saturated rings. The van der Waals surface area contributed by atoms with Crippen LogP contribution in [0.4, 0.5) is 0 Å². The lowest BCUT2D eigenvalue weighted by Gasteiger charge is -2.17. The summed E-state index contributed by atoms with van der Waals surface area (Å²) in [4.78, 5) is 0. The van der Waals surface area contributed by atoms with E-state index in [0.717, 1.165) is 17.6 Å². The van der Waals surface area contributed by atoms with Crippen molar-refractivity contribution in [2.45, 2.75) is 46.3 Å². The first-order valence-electron chi connectivity index (χ1n) is 6.21. The lowest BCUT2D eigenvalue weighted by molar-refractivity contribution is 0.473. The predicted molar refractivity (Wildman–Crippen MR) is 78.3 cm³/mol. The highest BCUT2D eigenvalue weighted by Gasteiger charge is 2.04. The van der Waals surface area contributed by atoms with Crippen LogP contribution in [0.25, 0.3) is 0 Å². The van der Waals surface area contributed by atoms with Gasteiger partial charge < -0.3 is 10.6 Å². The van der Waals surface area contributed by atoms with E-state index in [9.17, 15) is 0 Å². The molecular formula is C14H23BrN2. The molecule has 0 aliphatic heterocycles. The molecule has 0 radical (unpaired) electrons. The Labute approximate surface area is 113 Å². The predicted octanol–water partition coefficient (Wildman–Crippen LogP) is 3.23. The van der Waals surface area contributed by atoms with Gasteiger partial charge in [0.2, 0.25) is 0 Å². The fourth-order valence-corrected chi connectivity index (χ4v) is 2.01. The number of benzene rings is 1. The van der Waals surface area contributed by atoms with Crippen molar-refractivity contribution in [3.05, 3.63) is 33.8 Å². The van der Waals surface area contributed by atoms with Gasteiger partial charge in [-0.1, -0.05) is 35.8 Å². The number of halogens is 1. The minimum Gasteiger partial charge on any atom is -0.313 e. The lowest BCUT2D eigenvalue weighted by atomic mass is 10.1. The van der Waals surface area contributed by atoms with Crippen molar-refractivity contribution in [1.82, 2.24) is 10.6 Å². The van der Waals surface area contributed by atoms with Gasteiger partial charge in [0.05, 0.1) is 0 Å². The second-order valence-electron chi connectivity index (χ2n) is 4.92. The Morgan fingerprint density at radius 3 is 2.53 bits per heavy atom. The zero-order chi connectivity index (χ0) is 12.8. The molecule has 0 heterocycles. The molecule has 1 unspecified atom stereocenters. The van der Waals surface area contributed by atoms with Crippen molar-refractivity contribution >= 4 is 15.9 Å². The maximum atomic E-state index is 3.54. The summed E-state index contributed by atoms with van der Waals surface area (Å²) in [6.45, 7) is 10.6. The number of nitrogens with one attached hydrogen (secondary N) is 2. The molecule has 0 aliphatic carbocycles. The van der Waals surface area contributed by atoms with Crippen molar-refractivity contribution in [2.24, 2.45) is 0 Å². The summed E-state index contributed by atoms with van der Waals surface area (Å²) >= 11 is 3.51. The maximum Gasteiger partial charge on any atom is 0.0211 e. The maximum absolute atomic E-state index is 3.54. The Morgan fingerprint density at radius 2 is 1.88 bits per heavy atom. The highest BCUT2D eigenvalue weighted by Crippen LogP contribution is 2.15. The van der Waals surface area contributed by atoms with Crippen molar-refractivity contribution in [3.63, 3.8) is 0 Å². The van der Waals surface area contributed by atoms with Gasteiger partial charge in [-0.05, 0) is 37.1 Å². The molecule has 0 saturated heterocycles. The number of aryl methyl sites for hydroxylation is 1. The van der Waals surface area contributed by atoms with E-state index in [1.165, 1.54) is 11.1 Å². The second kappa shape index (κ2) is 7.14. The fourth-order valence-electron chi connectivity index (χ4n) is 1.60. The quantitative estimate of drug-likeness (QED) is 0.842. The van der Waals surface area contributed by atoms with Crippen LogP contribution >= 0.6 is 15.9 Å². The summed E-state index contributed by atoms with van der Waals surface area (Å²) in [7, 11) is 0. The highest BCUT2D eigenvalue weighted by atomic mass is 79.9. The van der Waals surface area contributed by atoms with Crippen LogP contribution in [0.1, 0.15) is 31.9 Å². The van der Waals surface area contributed by atoms with Crippen LogP contribution in [0, 0.1) is 6.92 Å². The fraction of sp³-hybridized carbons (Fsp3) is 0.571. The molecule has 3 heteroatoms. The van der Waals surface area contributed by atoms with Gasteiger partial charge in [0.15, 0.2) is 0 Å². The molecule has 0 aromatic heterocycles. The van der Waals surface area contributed by atoms with Crippen molar-refractivity contribution in [2.75, 3.05) is 6.54 Å². The average Bonchev–Trinajstić information content (AvgIpc) is 2.27. The zero-order valence-corrected chi connectivity index (χ0v) is 12.8. The Hall–Kier alpha value is -0.380. The van der Waals surface area contributed by atoms with Crippen LogP contribution in [-0.2, 0) is 6.54 Å². The van der Waals surface area contributed by atoms with Crippen molar-refractivity contribution < 1.29 is 0 Å². The van der Waals surface area contributed by atoms with Crippen LogP contribution in [0.3, 0.4) is 0 Å². The molecule has 0 spiro atoms. The van der Waals surface area contributed by atoms with E-state index in [-0.39, 0.29) is 0 Å². The van der Waals surface area contributed by atoms with Crippen molar-refractivity contribution in [1.29, 1.82) is 0 Å². The SMILES string of the molecule is Cc1ccc(Br)cc1CNC(C)CNC(C)C. The monoisotopic (exact) mass is 298 g/mol. The summed E-state index contributed by atoms with van der Waals surface area (Å²) in [5.41, 5.74) is 2.69. The van der Waals surface area contributed by atoms with Crippen LogP contribution in [0.5, 0.6) is 0 Å². The summed E-state index contributed by atoms with van der Waals surface area (Å²) < 4.78 is 1.15. The van der Waals surface area contributed by atoms with E-state index < -0.39 is 0 Å².